The summed E-state index contributed by atoms with van der Waals surface area (Å²) in [5.74, 6) is 0.215. The summed E-state index contributed by atoms with van der Waals surface area (Å²) in [4.78, 5) is 13.5. The Morgan fingerprint density at radius 1 is 1.35 bits per heavy atom. The first-order valence-electron chi connectivity index (χ1n) is 8.76. The molecule has 26 heavy (non-hydrogen) atoms. The van der Waals surface area contributed by atoms with Gasteiger partial charge in [-0.05, 0) is 49.9 Å². The molecule has 8 heteroatoms. The molecule has 1 unspecified atom stereocenters. The van der Waals surface area contributed by atoms with Crippen molar-refractivity contribution in [2.24, 2.45) is 0 Å². The Morgan fingerprint density at radius 3 is 2.62 bits per heavy atom. The van der Waals surface area contributed by atoms with Gasteiger partial charge in [0.25, 0.3) is 0 Å². The predicted molar refractivity (Wildman–Crippen MR) is 98.9 cm³/mol. The van der Waals surface area contributed by atoms with Crippen molar-refractivity contribution >= 4 is 15.9 Å². The third-order valence-electron chi connectivity index (χ3n) is 4.64. The van der Waals surface area contributed by atoms with E-state index >= 15 is 0 Å². The van der Waals surface area contributed by atoms with E-state index in [1.807, 2.05) is 13.8 Å². The molecule has 1 heterocycles. The van der Waals surface area contributed by atoms with Crippen LogP contribution in [-0.2, 0) is 19.6 Å². The summed E-state index contributed by atoms with van der Waals surface area (Å²) in [5.41, 5.74) is 1.83. The molecule has 1 aromatic carbocycles. The molecule has 0 saturated carbocycles. The van der Waals surface area contributed by atoms with Crippen molar-refractivity contribution in [2.45, 2.75) is 44.6 Å². The van der Waals surface area contributed by atoms with Crippen molar-refractivity contribution in [2.75, 3.05) is 33.4 Å². The molecule has 0 spiro atoms. The van der Waals surface area contributed by atoms with Gasteiger partial charge in [0, 0.05) is 33.2 Å². The van der Waals surface area contributed by atoms with Crippen LogP contribution < -0.4 is 9.46 Å². The zero-order valence-corrected chi connectivity index (χ0v) is 16.7. The smallest absolute Gasteiger partial charge is 0.244 e. The Bertz CT molecular complexity index is 742. The SMILES string of the molecule is COc1cc(C)c(C)cc1S(=O)(=O)NCCN(CC1CCCO1)C(C)=O. The highest BCUT2D eigenvalue weighted by molar-refractivity contribution is 7.89. The molecule has 1 aliphatic rings. The predicted octanol–water partition coefficient (Wildman–Crippen LogP) is 1.62. The van der Waals surface area contributed by atoms with Crippen LogP contribution in [0.15, 0.2) is 17.0 Å². The van der Waals surface area contributed by atoms with E-state index in [4.69, 9.17) is 9.47 Å². The summed E-state index contributed by atoms with van der Waals surface area (Å²) in [6, 6.07) is 3.31. The van der Waals surface area contributed by atoms with E-state index in [1.54, 1.807) is 17.0 Å². The average Bonchev–Trinajstić information content (AvgIpc) is 3.08. The van der Waals surface area contributed by atoms with Gasteiger partial charge >= 0.3 is 0 Å². The Morgan fingerprint density at radius 2 is 2.04 bits per heavy atom. The fourth-order valence-corrected chi connectivity index (χ4v) is 4.19. The first kappa shape index (κ1) is 20.7. The molecule has 0 aromatic heterocycles. The largest absolute Gasteiger partial charge is 0.495 e. The topological polar surface area (TPSA) is 84.9 Å². The number of nitrogens with zero attached hydrogens (tertiary/aromatic N) is 1. The van der Waals surface area contributed by atoms with Crippen molar-refractivity contribution in [3.63, 3.8) is 0 Å². The van der Waals surface area contributed by atoms with E-state index in [2.05, 4.69) is 4.72 Å². The van der Waals surface area contributed by atoms with E-state index in [-0.39, 0.29) is 23.5 Å². The number of rotatable bonds is 8. The van der Waals surface area contributed by atoms with Gasteiger partial charge in [-0.15, -0.1) is 0 Å². The Labute approximate surface area is 155 Å². The van der Waals surface area contributed by atoms with Gasteiger partial charge in [0.1, 0.15) is 10.6 Å². The maximum absolute atomic E-state index is 12.7. The normalized spacial score (nSPS) is 17.3. The Hall–Kier alpha value is -1.64. The number of benzene rings is 1. The zero-order chi connectivity index (χ0) is 19.3. The number of ether oxygens (including phenoxy) is 2. The van der Waals surface area contributed by atoms with Crippen molar-refractivity contribution in [1.29, 1.82) is 0 Å². The minimum atomic E-state index is -3.74. The lowest BCUT2D eigenvalue weighted by Gasteiger charge is -2.24. The first-order chi connectivity index (χ1) is 12.2. The number of aryl methyl sites for hydroxylation is 2. The maximum Gasteiger partial charge on any atom is 0.244 e. The van der Waals surface area contributed by atoms with Gasteiger partial charge in [-0.3, -0.25) is 4.79 Å². The van der Waals surface area contributed by atoms with Gasteiger partial charge in [0.05, 0.1) is 13.2 Å². The van der Waals surface area contributed by atoms with Crippen LogP contribution in [-0.4, -0.2) is 58.7 Å². The van der Waals surface area contributed by atoms with Crippen LogP contribution in [0.4, 0.5) is 0 Å². The van der Waals surface area contributed by atoms with Crippen LogP contribution in [0, 0.1) is 13.8 Å². The molecule has 1 aromatic rings. The van der Waals surface area contributed by atoms with E-state index in [0.29, 0.717) is 18.8 Å². The quantitative estimate of drug-likeness (QED) is 0.736. The molecule has 2 rings (SSSR count). The third-order valence-corrected chi connectivity index (χ3v) is 6.12. The molecule has 0 radical (unpaired) electrons. The molecular weight excluding hydrogens is 356 g/mol. The number of hydrogen-bond donors (Lipinski definition) is 1. The standard InChI is InChI=1S/C18H28N2O5S/c1-13-10-17(24-4)18(11-14(13)2)26(22,23)19-7-8-20(15(3)21)12-16-6-5-9-25-16/h10-11,16,19H,5-9,12H2,1-4H3. The molecule has 1 N–H and O–H groups in total. The first-order valence-corrected chi connectivity index (χ1v) is 10.2. The second kappa shape index (κ2) is 8.83. The molecule has 1 saturated heterocycles. The lowest BCUT2D eigenvalue weighted by atomic mass is 10.1. The van der Waals surface area contributed by atoms with Gasteiger partial charge in [0.2, 0.25) is 15.9 Å². The van der Waals surface area contributed by atoms with Crippen LogP contribution in [0.3, 0.4) is 0 Å². The van der Waals surface area contributed by atoms with Crippen molar-refractivity contribution in [3.05, 3.63) is 23.3 Å². The van der Waals surface area contributed by atoms with Crippen LogP contribution in [0.25, 0.3) is 0 Å². The Balaban J connectivity index is 2.02. The second-order valence-corrected chi connectivity index (χ2v) is 8.32. The van der Waals surface area contributed by atoms with Crippen molar-refractivity contribution in [3.8, 4) is 5.75 Å². The molecule has 0 bridgehead atoms. The zero-order valence-electron chi connectivity index (χ0n) is 15.9. The highest BCUT2D eigenvalue weighted by Gasteiger charge is 2.23. The van der Waals surface area contributed by atoms with Crippen LogP contribution in [0.1, 0.15) is 30.9 Å². The lowest BCUT2D eigenvalue weighted by Crippen LogP contribution is -2.41. The van der Waals surface area contributed by atoms with Crippen LogP contribution >= 0.6 is 0 Å². The third kappa shape index (κ3) is 5.18. The summed E-state index contributed by atoms with van der Waals surface area (Å²) in [7, 11) is -2.29. The highest BCUT2D eigenvalue weighted by Crippen LogP contribution is 2.27. The highest BCUT2D eigenvalue weighted by atomic mass is 32.2. The number of amides is 1. The van der Waals surface area contributed by atoms with E-state index in [1.165, 1.54) is 14.0 Å². The number of nitrogens with one attached hydrogen (secondary N) is 1. The maximum atomic E-state index is 12.7. The van der Waals surface area contributed by atoms with Crippen LogP contribution in [0.2, 0.25) is 0 Å². The van der Waals surface area contributed by atoms with Gasteiger partial charge in [0.15, 0.2) is 0 Å². The van der Waals surface area contributed by atoms with E-state index in [9.17, 15) is 13.2 Å². The van der Waals surface area contributed by atoms with Crippen LogP contribution in [0.5, 0.6) is 5.75 Å². The summed E-state index contributed by atoms with van der Waals surface area (Å²) < 4.78 is 38.6. The molecule has 1 aliphatic heterocycles. The summed E-state index contributed by atoms with van der Waals surface area (Å²) >= 11 is 0. The van der Waals surface area contributed by atoms with Crippen molar-refractivity contribution in [1.82, 2.24) is 9.62 Å². The molecule has 146 valence electrons. The average molecular weight is 384 g/mol. The molecule has 1 amide bonds. The second-order valence-electron chi connectivity index (χ2n) is 6.59. The number of carbonyl (C=O) groups is 1. The van der Waals surface area contributed by atoms with Gasteiger partial charge in [-0.1, -0.05) is 0 Å². The van der Waals surface area contributed by atoms with Gasteiger partial charge < -0.3 is 14.4 Å². The lowest BCUT2D eigenvalue weighted by molar-refractivity contribution is -0.130. The molecule has 1 fully saturated rings. The minimum absolute atomic E-state index is 0.0374. The number of methoxy groups -OCH3 is 1. The summed E-state index contributed by atoms with van der Waals surface area (Å²) in [6.07, 6.45) is 1.96. The molecule has 1 atom stereocenters. The molecule has 7 nitrogen and oxygen atoms in total. The molecule has 0 aliphatic carbocycles. The van der Waals surface area contributed by atoms with Gasteiger partial charge in [-0.25, -0.2) is 13.1 Å². The Kier molecular flexibility index (Phi) is 7.02. The summed E-state index contributed by atoms with van der Waals surface area (Å²) in [5, 5.41) is 0. The summed E-state index contributed by atoms with van der Waals surface area (Å²) in [6.45, 7) is 6.87. The number of carbonyl (C=O) groups excluding carboxylic acids is 1. The molecular formula is C18H28N2O5S. The minimum Gasteiger partial charge on any atom is -0.495 e. The van der Waals surface area contributed by atoms with E-state index in [0.717, 1.165) is 30.6 Å². The number of sulfonamides is 1. The number of hydrogen-bond acceptors (Lipinski definition) is 5. The monoisotopic (exact) mass is 384 g/mol. The van der Waals surface area contributed by atoms with E-state index < -0.39 is 10.0 Å². The fourth-order valence-electron chi connectivity index (χ4n) is 2.94. The van der Waals surface area contributed by atoms with Crippen molar-refractivity contribution < 1.29 is 22.7 Å². The van der Waals surface area contributed by atoms with Gasteiger partial charge in [-0.2, -0.15) is 0 Å². The fraction of sp³-hybridized carbons (Fsp3) is 0.611.